The van der Waals surface area contributed by atoms with E-state index in [0.717, 1.165) is 64.0 Å². The molecule has 9 heteroatoms. The number of halogens is 1. The predicted octanol–water partition coefficient (Wildman–Crippen LogP) is 4.28. The van der Waals surface area contributed by atoms with Crippen LogP contribution in [0, 0.1) is 5.41 Å². The number of nitrogens with zero attached hydrogens (tertiary/aromatic N) is 3. The van der Waals surface area contributed by atoms with Crippen LogP contribution >= 0.6 is 12.4 Å². The smallest absolute Gasteiger partial charge is 0.256 e. The number of likely N-dealkylation sites (tertiary alicyclic amines) is 1. The predicted molar refractivity (Wildman–Crippen MR) is 171 cm³/mol. The molecule has 0 aromatic heterocycles. The van der Waals surface area contributed by atoms with Crippen LogP contribution in [-0.2, 0) is 17.7 Å². The summed E-state index contributed by atoms with van der Waals surface area (Å²) in [6.07, 6.45) is 7.19. The fourth-order valence-electron chi connectivity index (χ4n) is 7.65. The third-order valence-electron chi connectivity index (χ3n) is 10.5. The molecule has 4 aliphatic rings. The second-order valence-corrected chi connectivity index (χ2v) is 12.8. The molecule has 2 fully saturated rings. The Morgan fingerprint density at radius 1 is 1.02 bits per heavy atom. The lowest BCUT2D eigenvalue weighted by Gasteiger charge is -2.45. The van der Waals surface area contributed by atoms with Crippen molar-refractivity contribution < 1.29 is 19.4 Å². The Labute approximate surface area is 262 Å². The first kappa shape index (κ1) is 31.8. The topological polar surface area (TPSA) is 85.3 Å². The summed E-state index contributed by atoms with van der Waals surface area (Å²) in [6, 6.07) is 13.8. The van der Waals surface area contributed by atoms with E-state index in [2.05, 4.69) is 29.3 Å². The van der Waals surface area contributed by atoms with Crippen LogP contribution in [0.25, 0.3) is 0 Å². The number of methoxy groups -OCH3 is 1. The molecule has 2 amide bonds. The van der Waals surface area contributed by atoms with E-state index in [4.69, 9.17) is 4.74 Å². The number of aliphatic hydroxyl groups excluding tert-OH is 1. The SMILES string of the molecule is CCN1CCN(C[C@@H](O)[C@@H]2Cc3ccccc3CN2)C(=O)c2ccc(C(=O)N3CCC4(CCC(OC)CC4)CC3)cc21.Cl. The van der Waals surface area contributed by atoms with E-state index >= 15 is 0 Å². The second-order valence-electron chi connectivity index (χ2n) is 12.8. The van der Waals surface area contributed by atoms with Gasteiger partial charge < -0.3 is 29.9 Å². The fraction of sp³-hybridized carbons (Fsp3) is 0.588. The average molecular weight is 611 g/mol. The molecule has 3 aliphatic heterocycles. The number of carbonyl (C=O) groups is 2. The molecule has 0 bridgehead atoms. The highest BCUT2D eigenvalue weighted by Gasteiger charge is 2.39. The molecule has 1 saturated heterocycles. The number of aliphatic hydroxyl groups is 1. The third-order valence-corrected chi connectivity index (χ3v) is 10.5. The number of carbonyl (C=O) groups excluding carboxylic acids is 2. The minimum Gasteiger partial charge on any atom is -0.390 e. The maximum atomic E-state index is 13.8. The molecule has 0 radical (unpaired) electrons. The van der Waals surface area contributed by atoms with Gasteiger partial charge in [0.2, 0.25) is 0 Å². The zero-order valence-electron chi connectivity index (χ0n) is 25.6. The summed E-state index contributed by atoms with van der Waals surface area (Å²) in [7, 11) is 1.81. The number of nitrogens with one attached hydrogen (secondary N) is 1. The van der Waals surface area contributed by atoms with Crippen LogP contribution < -0.4 is 10.2 Å². The van der Waals surface area contributed by atoms with Gasteiger partial charge >= 0.3 is 0 Å². The lowest BCUT2D eigenvalue weighted by atomic mass is 9.67. The highest BCUT2D eigenvalue weighted by atomic mass is 35.5. The standard InChI is InChI=1S/C34H46N4O4.ClH/c1-3-36-18-19-38(23-31(39)29-20-24-6-4-5-7-26(24)22-35-29)33(41)28-9-8-25(21-30(28)36)32(40)37-16-14-34(15-17-37)12-10-27(42-2)11-13-34;/h4-9,21,27,29,31,35,39H,3,10-20,22-23H2,1-2H3;1H/t29-,31+;/m0./s1. The number of ether oxygens (including phenoxy) is 1. The van der Waals surface area contributed by atoms with Gasteiger partial charge in [-0.3, -0.25) is 9.59 Å². The molecule has 1 saturated carbocycles. The Bertz CT molecular complexity index is 1290. The van der Waals surface area contributed by atoms with E-state index in [1.165, 1.54) is 24.0 Å². The lowest BCUT2D eigenvalue weighted by Crippen LogP contribution is -2.50. The molecule has 6 rings (SSSR count). The zero-order chi connectivity index (χ0) is 29.3. The molecular weight excluding hydrogens is 564 g/mol. The van der Waals surface area contributed by atoms with Gasteiger partial charge in [0.1, 0.15) is 0 Å². The van der Waals surface area contributed by atoms with Gasteiger partial charge in [-0.1, -0.05) is 24.3 Å². The Morgan fingerprint density at radius 2 is 1.72 bits per heavy atom. The van der Waals surface area contributed by atoms with Crippen LogP contribution in [0.1, 0.15) is 77.3 Å². The maximum Gasteiger partial charge on any atom is 0.256 e. The van der Waals surface area contributed by atoms with Crippen LogP contribution in [-0.4, -0.2) is 91.3 Å². The molecule has 2 atom stereocenters. The van der Waals surface area contributed by atoms with Crippen molar-refractivity contribution in [3.63, 3.8) is 0 Å². The molecule has 2 N–H and O–H groups in total. The number of likely N-dealkylation sites (N-methyl/N-ethyl adjacent to an activating group) is 1. The molecule has 1 aliphatic carbocycles. The van der Waals surface area contributed by atoms with Crippen molar-refractivity contribution >= 4 is 29.9 Å². The van der Waals surface area contributed by atoms with Crippen LogP contribution in [0.4, 0.5) is 5.69 Å². The number of β-amino-alcohol motifs (C(OH)–C–C–N with tert-alkyl or cyclic N) is 1. The van der Waals surface area contributed by atoms with Crippen LogP contribution in [0.2, 0.25) is 0 Å². The van der Waals surface area contributed by atoms with Crippen molar-refractivity contribution in [2.24, 2.45) is 5.41 Å². The summed E-state index contributed by atoms with van der Waals surface area (Å²) in [4.78, 5) is 33.4. The minimum atomic E-state index is -0.674. The number of anilines is 1. The largest absolute Gasteiger partial charge is 0.390 e. The quantitative estimate of drug-likeness (QED) is 0.508. The number of rotatable bonds is 6. The summed E-state index contributed by atoms with van der Waals surface area (Å²) in [6.45, 7) is 6.59. The number of hydrogen-bond acceptors (Lipinski definition) is 6. The summed E-state index contributed by atoms with van der Waals surface area (Å²) in [5, 5.41) is 14.6. The first-order valence-corrected chi connectivity index (χ1v) is 15.9. The van der Waals surface area contributed by atoms with Gasteiger partial charge in [-0.05, 0) is 86.6 Å². The normalized spacial score (nSPS) is 22.8. The Balaban J connectivity index is 0.00000368. The Hall–Kier alpha value is -2.65. The number of benzene rings is 2. The molecule has 1 spiro atoms. The highest BCUT2D eigenvalue weighted by Crippen LogP contribution is 2.45. The molecule has 2 aromatic rings. The molecule has 0 unspecified atom stereocenters. The molecule has 43 heavy (non-hydrogen) atoms. The van der Waals surface area contributed by atoms with Crippen molar-refractivity contribution in [2.75, 3.05) is 51.3 Å². The van der Waals surface area contributed by atoms with Crippen LogP contribution in [0.15, 0.2) is 42.5 Å². The van der Waals surface area contributed by atoms with Crippen LogP contribution in [0.3, 0.4) is 0 Å². The van der Waals surface area contributed by atoms with Crippen molar-refractivity contribution in [3.8, 4) is 0 Å². The number of fused-ring (bicyclic) bond motifs is 2. The first-order chi connectivity index (χ1) is 20.4. The summed E-state index contributed by atoms with van der Waals surface area (Å²) < 4.78 is 5.58. The van der Waals surface area contributed by atoms with Crippen molar-refractivity contribution in [2.45, 2.75) is 76.7 Å². The number of amides is 2. The van der Waals surface area contributed by atoms with E-state index in [0.29, 0.717) is 35.7 Å². The van der Waals surface area contributed by atoms with Crippen LogP contribution in [0.5, 0.6) is 0 Å². The summed E-state index contributed by atoms with van der Waals surface area (Å²) in [5.41, 5.74) is 4.95. The summed E-state index contributed by atoms with van der Waals surface area (Å²) in [5.74, 6) is -0.0244. The molecule has 2 aromatic carbocycles. The number of piperidine rings is 1. The molecular formula is C34H47ClN4O4. The van der Waals surface area contributed by atoms with Crippen molar-refractivity contribution in [1.29, 1.82) is 0 Å². The molecule has 3 heterocycles. The van der Waals surface area contributed by atoms with Gasteiger partial charge in [-0.2, -0.15) is 0 Å². The zero-order valence-corrected chi connectivity index (χ0v) is 26.4. The average Bonchev–Trinajstić information content (AvgIpc) is 3.16. The lowest BCUT2D eigenvalue weighted by molar-refractivity contribution is -0.00129. The van der Waals surface area contributed by atoms with E-state index < -0.39 is 6.10 Å². The third kappa shape index (κ3) is 6.58. The molecule has 8 nitrogen and oxygen atoms in total. The van der Waals surface area contributed by atoms with Gasteiger partial charge in [0.25, 0.3) is 11.8 Å². The van der Waals surface area contributed by atoms with Crippen molar-refractivity contribution in [3.05, 3.63) is 64.7 Å². The van der Waals surface area contributed by atoms with E-state index in [-0.39, 0.29) is 36.8 Å². The van der Waals surface area contributed by atoms with Gasteiger partial charge in [0.15, 0.2) is 0 Å². The van der Waals surface area contributed by atoms with Gasteiger partial charge in [-0.15, -0.1) is 12.4 Å². The maximum absolute atomic E-state index is 13.8. The van der Waals surface area contributed by atoms with Gasteiger partial charge in [0.05, 0.1) is 23.5 Å². The second kappa shape index (κ2) is 13.6. The van der Waals surface area contributed by atoms with E-state index in [9.17, 15) is 14.7 Å². The Morgan fingerprint density at radius 3 is 2.42 bits per heavy atom. The Kier molecular flexibility index (Phi) is 10.0. The van der Waals surface area contributed by atoms with E-state index in [1.807, 2.05) is 42.3 Å². The fourth-order valence-corrected chi connectivity index (χ4v) is 7.65. The minimum absolute atomic E-state index is 0. The van der Waals surface area contributed by atoms with Gasteiger partial charge in [0, 0.05) is 64.5 Å². The van der Waals surface area contributed by atoms with Crippen molar-refractivity contribution in [1.82, 2.24) is 15.1 Å². The highest BCUT2D eigenvalue weighted by molar-refractivity contribution is 6.03. The number of hydrogen-bond donors (Lipinski definition) is 2. The summed E-state index contributed by atoms with van der Waals surface area (Å²) >= 11 is 0. The molecule has 234 valence electrons. The first-order valence-electron chi connectivity index (χ1n) is 15.9. The monoisotopic (exact) mass is 610 g/mol. The van der Waals surface area contributed by atoms with E-state index in [1.54, 1.807) is 4.90 Å². The van der Waals surface area contributed by atoms with Gasteiger partial charge in [-0.25, -0.2) is 0 Å².